The lowest BCUT2D eigenvalue weighted by molar-refractivity contribution is 0.0684. The van der Waals surface area contributed by atoms with Crippen LogP contribution in [0.4, 0.5) is 0 Å². The topological polar surface area (TPSA) is 88.3 Å². The third kappa shape index (κ3) is 4.18. The van der Waals surface area contributed by atoms with E-state index in [1.807, 2.05) is 42.5 Å². The number of carboxylic acids is 1. The molecule has 0 spiro atoms. The Morgan fingerprint density at radius 1 is 1.00 bits per heavy atom. The van der Waals surface area contributed by atoms with Crippen LogP contribution < -0.4 is 0 Å². The first-order chi connectivity index (χ1) is 14.1. The Labute approximate surface area is 168 Å². The molecule has 0 bridgehead atoms. The molecular weight excluding hydrogens is 368 g/mol. The summed E-state index contributed by atoms with van der Waals surface area (Å²) in [6.07, 6.45) is 4.06. The SMILES string of the molecule is O=C(O)c1ccccc1CC1CCN(C(=O)c2cn(-c3ccccc3)nn2)CC1. The first kappa shape index (κ1) is 18.9. The minimum atomic E-state index is -0.894. The van der Waals surface area contributed by atoms with Gasteiger partial charge in [-0.3, -0.25) is 4.79 Å². The smallest absolute Gasteiger partial charge is 0.335 e. The van der Waals surface area contributed by atoms with Crippen LogP contribution in [0.3, 0.4) is 0 Å². The minimum absolute atomic E-state index is 0.114. The normalized spacial score (nSPS) is 14.7. The molecule has 1 aliphatic heterocycles. The molecule has 29 heavy (non-hydrogen) atoms. The fourth-order valence-electron chi connectivity index (χ4n) is 3.79. The molecule has 7 heteroatoms. The molecule has 0 aliphatic carbocycles. The highest BCUT2D eigenvalue weighted by molar-refractivity contribution is 5.92. The maximum Gasteiger partial charge on any atom is 0.335 e. The number of benzene rings is 2. The Kier molecular flexibility index (Phi) is 5.37. The summed E-state index contributed by atoms with van der Waals surface area (Å²) in [4.78, 5) is 26.0. The van der Waals surface area contributed by atoms with Gasteiger partial charge in [-0.25, -0.2) is 9.48 Å². The van der Waals surface area contributed by atoms with Gasteiger partial charge in [0.25, 0.3) is 5.91 Å². The molecule has 1 saturated heterocycles. The van der Waals surface area contributed by atoms with Gasteiger partial charge in [-0.2, -0.15) is 0 Å². The number of piperidine rings is 1. The molecule has 0 saturated carbocycles. The molecular formula is C22H22N4O3. The fraction of sp³-hybridized carbons (Fsp3) is 0.273. The van der Waals surface area contributed by atoms with Gasteiger partial charge in [-0.1, -0.05) is 41.6 Å². The second-order valence-electron chi connectivity index (χ2n) is 7.29. The van der Waals surface area contributed by atoms with Gasteiger partial charge in [0.15, 0.2) is 5.69 Å². The number of hydrogen-bond donors (Lipinski definition) is 1. The Balaban J connectivity index is 1.37. The van der Waals surface area contributed by atoms with Crippen LogP contribution in [0.5, 0.6) is 0 Å². The molecule has 1 aromatic heterocycles. The van der Waals surface area contributed by atoms with E-state index < -0.39 is 5.97 Å². The number of nitrogens with zero attached hydrogens (tertiary/aromatic N) is 4. The Morgan fingerprint density at radius 3 is 2.41 bits per heavy atom. The number of aromatic carboxylic acids is 1. The lowest BCUT2D eigenvalue weighted by Gasteiger charge is -2.31. The van der Waals surface area contributed by atoms with Gasteiger partial charge in [-0.15, -0.1) is 5.10 Å². The van der Waals surface area contributed by atoms with Crippen LogP contribution in [-0.4, -0.2) is 50.0 Å². The molecule has 1 amide bonds. The molecule has 1 N–H and O–H groups in total. The van der Waals surface area contributed by atoms with E-state index in [9.17, 15) is 14.7 Å². The molecule has 0 radical (unpaired) electrons. The number of carboxylic acid groups (broad SMARTS) is 1. The molecule has 1 aliphatic rings. The van der Waals surface area contributed by atoms with E-state index in [1.54, 1.807) is 27.9 Å². The quantitative estimate of drug-likeness (QED) is 0.723. The van der Waals surface area contributed by atoms with Crippen LogP contribution in [0.2, 0.25) is 0 Å². The maximum atomic E-state index is 12.8. The molecule has 0 unspecified atom stereocenters. The van der Waals surface area contributed by atoms with Gasteiger partial charge in [0.05, 0.1) is 17.4 Å². The number of aromatic nitrogens is 3. The second-order valence-corrected chi connectivity index (χ2v) is 7.29. The molecule has 3 aromatic rings. The van der Waals surface area contributed by atoms with Crippen molar-refractivity contribution >= 4 is 11.9 Å². The summed E-state index contributed by atoms with van der Waals surface area (Å²) in [5.74, 6) is -0.647. The lowest BCUT2D eigenvalue weighted by Crippen LogP contribution is -2.39. The van der Waals surface area contributed by atoms with E-state index >= 15 is 0 Å². The summed E-state index contributed by atoms with van der Waals surface area (Å²) >= 11 is 0. The van der Waals surface area contributed by atoms with E-state index in [4.69, 9.17) is 0 Å². The van der Waals surface area contributed by atoms with E-state index in [2.05, 4.69) is 10.3 Å². The second kappa shape index (κ2) is 8.26. The molecule has 148 valence electrons. The standard InChI is InChI=1S/C22H22N4O3/c27-21(20-15-26(24-23-20)18-7-2-1-3-8-18)25-12-10-16(11-13-25)14-17-6-4-5-9-19(17)22(28)29/h1-9,15-16H,10-14H2,(H,28,29). The summed E-state index contributed by atoms with van der Waals surface area (Å²) in [5.41, 5.74) is 2.41. The molecule has 4 rings (SSSR count). The molecule has 7 nitrogen and oxygen atoms in total. The van der Waals surface area contributed by atoms with Crippen molar-refractivity contribution in [1.82, 2.24) is 19.9 Å². The van der Waals surface area contributed by atoms with Crippen molar-refractivity contribution in [2.45, 2.75) is 19.3 Å². The van der Waals surface area contributed by atoms with Gasteiger partial charge in [0.2, 0.25) is 0 Å². The Hall–Kier alpha value is -3.48. The molecule has 2 heterocycles. The average molecular weight is 390 g/mol. The highest BCUT2D eigenvalue weighted by Gasteiger charge is 2.26. The highest BCUT2D eigenvalue weighted by Crippen LogP contribution is 2.24. The highest BCUT2D eigenvalue weighted by atomic mass is 16.4. The van der Waals surface area contributed by atoms with Crippen LogP contribution in [-0.2, 0) is 6.42 Å². The van der Waals surface area contributed by atoms with Crippen LogP contribution in [0.1, 0.15) is 39.3 Å². The zero-order valence-electron chi connectivity index (χ0n) is 15.9. The number of carbonyl (C=O) groups is 2. The van der Waals surface area contributed by atoms with Gasteiger partial charge in [0.1, 0.15) is 0 Å². The summed E-state index contributed by atoms with van der Waals surface area (Å²) < 4.78 is 1.60. The molecule has 0 atom stereocenters. The van der Waals surface area contributed by atoms with Crippen molar-refractivity contribution < 1.29 is 14.7 Å². The zero-order valence-corrected chi connectivity index (χ0v) is 15.9. The number of likely N-dealkylation sites (tertiary alicyclic amines) is 1. The monoisotopic (exact) mass is 390 g/mol. The summed E-state index contributed by atoms with van der Waals surface area (Å²) in [6, 6.07) is 16.7. The summed E-state index contributed by atoms with van der Waals surface area (Å²) in [7, 11) is 0. The summed E-state index contributed by atoms with van der Waals surface area (Å²) in [5, 5.41) is 17.5. The van der Waals surface area contributed by atoms with Crippen LogP contribution in [0, 0.1) is 5.92 Å². The van der Waals surface area contributed by atoms with Crippen molar-refractivity contribution in [3.63, 3.8) is 0 Å². The van der Waals surface area contributed by atoms with Gasteiger partial charge >= 0.3 is 5.97 Å². The number of rotatable bonds is 5. The lowest BCUT2D eigenvalue weighted by atomic mass is 9.88. The first-order valence-corrected chi connectivity index (χ1v) is 9.70. The van der Waals surface area contributed by atoms with Crippen molar-refractivity contribution in [3.05, 3.63) is 77.6 Å². The third-order valence-corrected chi connectivity index (χ3v) is 5.39. The van der Waals surface area contributed by atoms with Crippen molar-refractivity contribution in [3.8, 4) is 5.69 Å². The first-order valence-electron chi connectivity index (χ1n) is 9.70. The summed E-state index contributed by atoms with van der Waals surface area (Å²) in [6.45, 7) is 1.27. The van der Waals surface area contributed by atoms with Gasteiger partial charge in [0, 0.05) is 13.1 Å². The van der Waals surface area contributed by atoms with E-state index in [0.717, 1.165) is 24.1 Å². The van der Waals surface area contributed by atoms with E-state index in [-0.39, 0.29) is 5.91 Å². The average Bonchev–Trinajstić information content (AvgIpc) is 3.25. The van der Waals surface area contributed by atoms with Gasteiger partial charge in [-0.05, 0) is 48.9 Å². The van der Waals surface area contributed by atoms with Crippen LogP contribution >= 0.6 is 0 Å². The predicted octanol–water partition coefficient (Wildman–Crippen LogP) is 3.06. The number of hydrogen-bond acceptors (Lipinski definition) is 4. The zero-order chi connectivity index (χ0) is 20.2. The minimum Gasteiger partial charge on any atom is -0.478 e. The van der Waals surface area contributed by atoms with E-state index in [1.165, 1.54) is 0 Å². The van der Waals surface area contributed by atoms with E-state index in [0.29, 0.717) is 36.7 Å². The Bertz CT molecular complexity index is 1010. The van der Waals surface area contributed by atoms with Crippen LogP contribution in [0.15, 0.2) is 60.8 Å². The van der Waals surface area contributed by atoms with Gasteiger partial charge < -0.3 is 10.0 Å². The number of carbonyl (C=O) groups excluding carboxylic acids is 1. The Morgan fingerprint density at radius 2 is 1.69 bits per heavy atom. The van der Waals surface area contributed by atoms with Crippen LogP contribution in [0.25, 0.3) is 5.69 Å². The van der Waals surface area contributed by atoms with Crippen molar-refractivity contribution in [1.29, 1.82) is 0 Å². The number of para-hydroxylation sites is 1. The molecule has 1 fully saturated rings. The van der Waals surface area contributed by atoms with Crippen molar-refractivity contribution in [2.24, 2.45) is 5.92 Å². The van der Waals surface area contributed by atoms with Crippen molar-refractivity contribution in [2.75, 3.05) is 13.1 Å². The predicted molar refractivity (Wildman–Crippen MR) is 107 cm³/mol. The molecule has 2 aromatic carbocycles. The largest absolute Gasteiger partial charge is 0.478 e. The third-order valence-electron chi connectivity index (χ3n) is 5.39. The maximum absolute atomic E-state index is 12.8. The number of amides is 1. The fourth-order valence-corrected chi connectivity index (χ4v) is 3.79.